The zero-order valence-electron chi connectivity index (χ0n) is 9.70. The van der Waals surface area contributed by atoms with Crippen LogP contribution in [0, 0.1) is 0 Å². The van der Waals surface area contributed by atoms with Crippen LogP contribution in [0.3, 0.4) is 0 Å². The molecule has 0 bridgehead atoms. The summed E-state index contributed by atoms with van der Waals surface area (Å²) in [6.07, 6.45) is 2.60. The van der Waals surface area contributed by atoms with Gasteiger partial charge >= 0.3 is 0 Å². The van der Waals surface area contributed by atoms with Crippen molar-refractivity contribution in [3.05, 3.63) is 0 Å². The van der Waals surface area contributed by atoms with E-state index in [1.165, 1.54) is 0 Å². The number of hydrogen-bond donors (Lipinski definition) is 1. The number of ether oxygens (including phenoxy) is 1. The molecule has 3 unspecified atom stereocenters. The molecule has 3 atom stereocenters. The summed E-state index contributed by atoms with van der Waals surface area (Å²) in [5, 5.41) is 0. The molecule has 0 radical (unpaired) electrons. The first-order chi connectivity index (χ1) is 6.63. The van der Waals surface area contributed by atoms with Crippen LogP contribution in [0.4, 0.5) is 0 Å². The van der Waals surface area contributed by atoms with Gasteiger partial charge in [-0.3, -0.25) is 4.90 Å². The number of likely N-dealkylation sites (tertiary alicyclic amines) is 1. The zero-order valence-corrected chi connectivity index (χ0v) is 9.70. The summed E-state index contributed by atoms with van der Waals surface area (Å²) >= 11 is 0. The zero-order chi connectivity index (χ0) is 10.6. The van der Waals surface area contributed by atoms with E-state index in [0.717, 1.165) is 32.5 Å². The Morgan fingerprint density at radius 3 is 2.86 bits per heavy atom. The van der Waals surface area contributed by atoms with E-state index in [2.05, 4.69) is 18.7 Å². The van der Waals surface area contributed by atoms with Gasteiger partial charge in [-0.2, -0.15) is 0 Å². The van der Waals surface area contributed by atoms with Crippen molar-refractivity contribution in [1.82, 2.24) is 4.90 Å². The summed E-state index contributed by atoms with van der Waals surface area (Å²) in [5.74, 6) is 0. The highest BCUT2D eigenvalue weighted by molar-refractivity contribution is 4.81. The molecule has 1 heterocycles. The Hall–Kier alpha value is -0.120. The summed E-state index contributed by atoms with van der Waals surface area (Å²) in [4.78, 5) is 2.49. The molecule has 0 aromatic carbocycles. The topological polar surface area (TPSA) is 38.5 Å². The van der Waals surface area contributed by atoms with Crippen LogP contribution in [0.1, 0.15) is 33.6 Å². The lowest BCUT2D eigenvalue weighted by atomic mass is 9.99. The second kappa shape index (κ2) is 5.69. The van der Waals surface area contributed by atoms with Crippen molar-refractivity contribution < 1.29 is 4.74 Å². The van der Waals surface area contributed by atoms with E-state index in [1.807, 2.05) is 6.92 Å². The van der Waals surface area contributed by atoms with Gasteiger partial charge in [0.25, 0.3) is 0 Å². The number of nitrogens with two attached hydrogens (primary N) is 1. The molecule has 14 heavy (non-hydrogen) atoms. The molecule has 1 aliphatic heterocycles. The predicted octanol–water partition coefficient (Wildman–Crippen LogP) is 1.22. The van der Waals surface area contributed by atoms with Crippen LogP contribution in [0.5, 0.6) is 0 Å². The average Bonchev–Trinajstić information content (AvgIpc) is 2.10. The maximum Gasteiger partial charge on any atom is 0.0673 e. The minimum Gasteiger partial charge on any atom is -0.377 e. The Morgan fingerprint density at radius 2 is 2.29 bits per heavy atom. The molecule has 1 rings (SSSR count). The van der Waals surface area contributed by atoms with Crippen LogP contribution in [-0.4, -0.2) is 42.8 Å². The molecule has 0 aromatic rings. The van der Waals surface area contributed by atoms with Gasteiger partial charge in [-0.25, -0.2) is 0 Å². The summed E-state index contributed by atoms with van der Waals surface area (Å²) in [7, 11) is 0. The Morgan fingerprint density at radius 1 is 1.57 bits per heavy atom. The van der Waals surface area contributed by atoms with Gasteiger partial charge in [0.1, 0.15) is 0 Å². The number of rotatable bonds is 4. The molecule has 3 heteroatoms. The van der Waals surface area contributed by atoms with E-state index in [-0.39, 0.29) is 0 Å². The molecule has 0 aliphatic carbocycles. The summed E-state index contributed by atoms with van der Waals surface area (Å²) in [6, 6.07) is 1.02. The SMILES string of the molecule is CCOC(C)CN1CCC(N)CC1C. The van der Waals surface area contributed by atoms with Crippen LogP contribution in [0.15, 0.2) is 0 Å². The third-order valence-corrected chi connectivity index (χ3v) is 3.00. The van der Waals surface area contributed by atoms with Crippen molar-refractivity contribution in [1.29, 1.82) is 0 Å². The fraction of sp³-hybridized carbons (Fsp3) is 1.00. The van der Waals surface area contributed by atoms with Gasteiger partial charge in [-0.15, -0.1) is 0 Å². The Balaban J connectivity index is 2.29. The maximum atomic E-state index is 5.92. The second-order valence-corrected chi connectivity index (χ2v) is 4.39. The van der Waals surface area contributed by atoms with Crippen molar-refractivity contribution in [2.24, 2.45) is 5.73 Å². The van der Waals surface area contributed by atoms with Crippen LogP contribution in [0.25, 0.3) is 0 Å². The van der Waals surface area contributed by atoms with Crippen LogP contribution >= 0.6 is 0 Å². The van der Waals surface area contributed by atoms with Gasteiger partial charge in [0.15, 0.2) is 0 Å². The Bertz CT molecular complexity index is 163. The molecule has 84 valence electrons. The molecular formula is C11H24N2O. The van der Waals surface area contributed by atoms with Crippen molar-refractivity contribution in [3.63, 3.8) is 0 Å². The van der Waals surface area contributed by atoms with Gasteiger partial charge in [-0.05, 0) is 40.2 Å². The standard InChI is InChI=1S/C11H24N2O/c1-4-14-10(3)8-13-6-5-11(12)7-9(13)2/h9-11H,4-8,12H2,1-3H3. The predicted molar refractivity (Wildman–Crippen MR) is 59.3 cm³/mol. The van der Waals surface area contributed by atoms with Crippen molar-refractivity contribution in [2.45, 2.75) is 51.8 Å². The first-order valence-electron chi connectivity index (χ1n) is 5.74. The molecule has 0 aromatic heterocycles. The average molecular weight is 200 g/mol. The van der Waals surface area contributed by atoms with Gasteiger partial charge in [-0.1, -0.05) is 0 Å². The Labute approximate surface area is 87.6 Å². The lowest BCUT2D eigenvalue weighted by molar-refractivity contribution is 0.0245. The Kier molecular flexibility index (Phi) is 4.85. The maximum absolute atomic E-state index is 5.92. The molecular weight excluding hydrogens is 176 g/mol. The number of piperidine rings is 1. The molecule has 0 spiro atoms. The quantitative estimate of drug-likeness (QED) is 0.741. The second-order valence-electron chi connectivity index (χ2n) is 4.39. The van der Waals surface area contributed by atoms with Crippen LogP contribution < -0.4 is 5.73 Å². The minimum atomic E-state index is 0.344. The first kappa shape index (κ1) is 12.0. The smallest absolute Gasteiger partial charge is 0.0673 e. The lowest BCUT2D eigenvalue weighted by Gasteiger charge is -2.37. The number of nitrogens with zero attached hydrogens (tertiary/aromatic N) is 1. The summed E-state index contributed by atoms with van der Waals surface area (Å²) in [6.45, 7) is 9.43. The van der Waals surface area contributed by atoms with Gasteiger partial charge in [0, 0.05) is 25.2 Å². The minimum absolute atomic E-state index is 0.344. The third kappa shape index (κ3) is 3.56. The van der Waals surface area contributed by atoms with Gasteiger partial charge in [0.2, 0.25) is 0 Å². The molecule has 2 N–H and O–H groups in total. The first-order valence-corrected chi connectivity index (χ1v) is 5.74. The summed E-state index contributed by atoms with van der Waals surface area (Å²) in [5.41, 5.74) is 5.92. The molecule has 1 aliphatic rings. The normalized spacial score (nSPS) is 31.7. The molecule has 1 saturated heterocycles. The fourth-order valence-corrected chi connectivity index (χ4v) is 2.20. The molecule has 0 amide bonds. The molecule has 0 saturated carbocycles. The molecule has 1 fully saturated rings. The number of hydrogen-bond acceptors (Lipinski definition) is 3. The lowest BCUT2D eigenvalue weighted by Crippen LogP contribution is -2.48. The fourth-order valence-electron chi connectivity index (χ4n) is 2.20. The largest absolute Gasteiger partial charge is 0.377 e. The van der Waals surface area contributed by atoms with E-state index >= 15 is 0 Å². The van der Waals surface area contributed by atoms with E-state index in [1.54, 1.807) is 0 Å². The van der Waals surface area contributed by atoms with E-state index in [9.17, 15) is 0 Å². The van der Waals surface area contributed by atoms with Gasteiger partial charge < -0.3 is 10.5 Å². The van der Waals surface area contributed by atoms with Crippen molar-refractivity contribution in [3.8, 4) is 0 Å². The van der Waals surface area contributed by atoms with Crippen LogP contribution in [-0.2, 0) is 4.74 Å². The highest BCUT2D eigenvalue weighted by Gasteiger charge is 2.24. The van der Waals surface area contributed by atoms with Gasteiger partial charge in [0.05, 0.1) is 6.10 Å². The van der Waals surface area contributed by atoms with Crippen molar-refractivity contribution >= 4 is 0 Å². The third-order valence-electron chi connectivity index (χ3n) is 3.00. The van der Waals surface area contributed by atoms with Crippen LogP contribution in [0.2, 0.25) is 0 Å². The molecule has 3 nitrogen and oxygen atoms in total. The highest BCUT2D eigenvalue weighted by atomic mass is 16.5. The van der Waals surface area contributed by atoms with E-state index in [4.69, 9.17) is 10.5 Å². The monoisotopic (exact) mass is 200 g/mol. The van der Waals surface area contributed by atoms with Crippen molar-refractivity contribution in [2.75, 3.05) is 19.7 Å². The summed E-state index contributed by atoms with van der Waals surface area (Å²) < 4.78 is 5.55. The van der Waals surface area contributed by atoms with E-state index < -0.39 is 0 Å². The highest BCUT2D eigenvalue weighted by Crippen LogP contribution is 2.16. The van der Waals surface area contributed by atoms with E-state index in [0.29, 0.717) is 18.2 Å².